The average Bonchev–Trinajstić information content (AvgIpc) is 2.41. The van der Waals surface area contributed by atoms with Crippen molar-refractivity contribution in [3.63, 3.8) is 0 Å². The maximum atomic E-state index is 12.2. The zero-order valence-electron chi connectivity index (χ0n) is 10.8. The Labute approximate surface area is 112 Å². The molecule has 2 atom stereocenters. The second-order valence-corrected chi connectivity index (χ2v) is 4.85. The van der Waals surface area contributed by atoms with Gasteiger partial charge >= 0.3 is 5.97 Å². The number of amides is 1. The largest absolute Gasteiger partial charge is 0.481 e. The van der Waals surface area contributed by atoms with Gasteiger partial charge in [0.15, 0.2) is 0 Å². The minimum absolute atomic E-state index is 0.222. The first-order valence-electron chi connectivity index (χ1n) is 6.33. The van der Waals surface area contributed by atoms with Gasteiger partial charge in [-0.1, -0.05) is 29.8 Å². The first-order chi connectivity index (χ1) is 9.08. The van der Waals surface area contributed by atoms with Gasteiger partial charge in [-0.05, 0) is 31.9 Å². The van der Waals surface area contributed by atoms with E-state index in [-0.39, 0.29) is 5.91 Å². The van der Waals surface area contributed by atoms with Gasteiger partial charge in [0.25, 0.3) is 0 Å². The fraction of sp³-hybridized carbons (Fsp3) is 0.333. The molecule has 0 saturated carbocycles. The molecule has 100 valence electrons. The van der Waals surface area contributed by atoms with E-state index in [9.17, 15) is 9.59 Å². The van der Waals surface area contributed by atoms with Crippen LogP contribution in [0.2, 0.25) is 0 Å². The number of nitrogens with one attached hydrogen (secondary N) is 1. The molecule has 2 N–H and O–H groups in total. The van der Waals surface area contributed by atoms with Crippen LogP contribution in [0.25, 0.3) is 0 Å². The molecule has 1 aliphatic rings. The first kappa shape index (κ1) is 13.3. The van der Waals surface area contributed by atoms with Crippen molar-refractivity contribution in [1.82, 2.24) is 0 Å². The van der Waals surface area contributed by atoms with Crippen molar-refractivity contribution >= 4 is 17.6 Å². The molecular weight excluding hydrogens is 242 g/mol. The molecule has 0 spiro atoms. The van der Waals surface area contributed by atoms with Crippen LogP contribution in [-0.2, 0) is 9.59 Å². The minimum Gasteiger partial charge on any atom is -0.481 e. The van der Waals surface area contributed by atoms with Gasteiger partial charge in [-0.15, -0.1) is 0 Å². The number of carboxylic acid groups (broad SMARTS) is 1. The van der Waals surface area contributed by atoms with E-state index >= 15 is 0 Å². The molecule has 2 rings (SSSR count). The number of benzene rings is 1. The van der Waals surface area contributed by atoms with Crippen LogP contribution < -0.4 is 5.32 Å². The lowest BCUT2D eigenvalue weighted by Crippen LogP contribution is -2.34. The third-order valence-corrected chi connectivity index (χ3v) is 3.41. The van der Waals surface area contributed by atoms with Gasteiger partial charge in [-0.3, -0.25) is 9.59 Å². The van der Waals surface area contributed by atoms with Gasteiger partial charge in [-0.25, -0.2) is 0 Å². The summed E-state index contributed by atoms with van der Waals surface area (Å²) in [7, 11) is 0. The van der Waals surface area contributed by atoms with Crippen molar-refractivity contribution in [2.45, 2.75) is 19.8 Å². The Balaban J connectivity index is 2.08. The third kappa shape index (κ3) is 3.22. The van der Waals surface area contributed by atoms with E-state index in [0.717, 1.165) is 5.56 Å². The van der Waals surface area contributed by atoms with Crippen molar-refractivity contribution in [2.75, 3.05) is 5.32 Å². The van der Waals surface area contributed by atoms with Gasteiger partial charge in [-0.2, -0.15) is 0 Å². The van der Waals surface area contributed by atoms with Crippen LogP contribution in [0.5, 0.6) is 0 Å². The number of carboxylic acids is 1. The van der Waals surface area contributed by atoms with Crippen LogP contribution >= 0.6 is 0 Å². The summed E-state index contributed by atoms with van der Waals surface area (Å²) < 4.78 is 0. The second-order valence-electron chi connectivity index (χ2n) is 4.85. The number of carbonyl (C=O) groups is 2. The van der Waals surface area contributed by atoms with Gasteiger partial charge in [0.2, 0.25) is 5.91 Å². The predicted octanol–water partition coefficient (Wildman–Crippen LogP) is 2.60. The van der Waals surface area contributed by atoms with Crippen molar-refractivity contribution in [3.05, 3.63) is 42.0 Å². The molecule has 0 aliphatic heterocycles. The molecule has 0 unspecified atom stereocenters. The topological polar surface area (TPSA) is 66.4 Å². The maximum absolute atomic E-state index is 12.2. The molecule has 19 heavy (non-hydrogen) atoms. The first-order valence-corrected chi connectivity index (χ1v) is 6.33. The summed E-state index contributed by atoms with van der Waals surface area (Å²) in [5, 5.41) is 11.9. The average molecular weight is 259 g/mol. The van der Waals surface area contributed by atoms with E-state index in [2.05, 4.69) is 5.32 Å². The number of aliphatic carboxylic acids is 1. The smallest absolute Gasteiger partial charge is 0.307 e. The number of anilines is 1. The summed E-state index contributed by atoms with van der Waals surface area (Å²) in [6.07, 6.45) is 4.60. The Morgan fingerprint density at radius 1 is 1.11 bits per heavy atom. The zero-order chi connectivity index (χ0) is 13.8. The fourth-order valence-corrected chi connectivity index (χ4v) is 2.25. The normalized spacial score (nSPS) is 21.9. The molecule has 1 aliphatic carbocycles. The van der Waals surface area contributed by atoms with Gasteiger partial charge in [0, 0.05) is 5.69 Å². The number of aryl methyl sites for hydroxylation is 1. The van der Waals surface area contributed by atoms with E-state index in [4.69, 9.17) is 5.11 Å². The van der Waals surface area contributed by atoms with Crippen LogP contribution in [0, 0.1) is 18.8 Å². The Morgan fingerprint density at radius 2 is 1.68 bits per heavy atom. The lowest BCUT2D eigenvalue weighted by Gasteiger charge is -2.24. The summed E-state index contributed by atoms with van der Waals surface area (Å²) in [5.74, 6) is -2.26. The lowest BCUT2D eigenvalue weighted by molar-refractivity contribution is -0.146. The Morgan fingerprint density at radius 3 is 2.26 bits per heavy atom. The highest BCUT2D eigenvalue weighted by Crippen LogP contribution is 2.27. The molecule has 0 fully saturated rings. The third-order valence-electron chi connectivity index (χ3n) is 3.41. The fourth-order valence-electron chi connectivity index (χ4n) is 2.25. The molecule has 0 aromatic heterocycles. The van der Waals surface area contributed by atoms with E-state index in [1.165, 1.54) is 0 Å². The Bertz CT molecular complexity index is 505. The highest BCUT2D eigenvalue weighted by Gasteiger charge is 2.33. The van der Waals surface area contributed by atoms with Gasteiger partial charge < -0.3 is 10.4 Å². The Hall–Kier alpha value is -2.10. The number of carbonyl (C=O) groups excluding carboxylic acids is 1. The van der Waals surface area contributed by atoms with Crippen LogP contribution in [0.3, 0.4) is 0 Å². The second kappa shape index (κ2) is 5.69. The monoisotopic (exact) mass is 259 g/mol. The van der Waals surface area contributed by atoms with Crippen molar-refractivity contribution in [2.24, 2.45) is 11.8 Å². The molecule has 0 radical (unpaired) electrons. The SMILES string of the molecule is Cc1ccc(NC(=O)[C@@H]2CC=CC[C@@H]2C(=O)O)cc1. The van der Waals surface area contributed by atoms with E-state index < -0.39 is 17.8 Å². The number of rotatable bonds is 3. The van der Waals surface area contributed by atoms with E-state index in [1.807, 2.05) is 43.3 Å². The zero-order valence-corrected chi connectivity index (χ0v) is 10.8. The van der Waals surface area contributed by atoms with Crippen LogP contribution in [0.1, 0.15) is 18.4 Å². The quantitative estimate of drug-likeness (QED) is 0.820. The van der Waals surface area contributed by atoms with Crippen molar-refractivity contribution in [3.8, 4) is 0 Å². The lowest BCUT2D eigenvalue weighted by atomic mass is 9.82. The number of hydrogen-bond donors (Lipinski definition) is 2. The number of allylic oxidation sites excluding steroid dienone is 2. The molecule has 1 amide bonds. The highest BCUT2D eigenvalue weighted by molar-refractivity contribution is 5.95. The molecule has 0 saturated heterocycles. The molecule has 1 aromatic carbocycles. The van der Waals surface area contributed by atoms with Gasteiger partial charge in [0.05, 0.1) is 11.8 Å². The summed E-state index contributed by atoms with van der Waals surface area (Å²) in [5.41, 5.74) is 1.82. The Kier molecular flexibility index (Phi) is 4.00. The molecule has 4 heteroatoms. The maximum Gasteiger partial charge on any atom is 0.307 e. The molecule has 1 aromatic rings. The summed E-state index contributed by atoms with van der Waals surface area (Å²) in [6, 6.07) is 7.46. The van der Waals surface area contributed by atoms with E-state index in [1.54, 1.807) is 0 Å². The van der Waals surface area contributed by atoms with E-state index in [0.29, 0.717) is 18.5 Å². The molecular formula is C15H17NO3. The van der Waals surface area contributed by atoms with Crippen LogP contribution in [0.4, 0.5) is 5.69 Å². The van der Waals surface area contributed by atoms with Crippen molar-refractivity contribution in [1.29, 1.82) is 0 Å². The highest BCUT2D eigenvalue weighted by atomic mass is 16.4. The summed E-state index contributed by atoms with van der Waals surface area (Å²) in [4.78, 5) is 23.3. The predicted molar refractivity (Wildman–Crippen MR) is 72.8 cm³/mol. The van der Waals surface area contributed by atoms with Crippen LogP contribution in [0.15, 0.2) is 36.4 Å². The minimum atomic E-state index is -0.909. The summed E-state index contributed by atoms with van der Waals surface area (Å²) in [6.45, 7) is 1.97. The van der Waals surface area contributed by atoms with Crippen LogP contribution in [-0.4, -0.2) is 17.0 Å². The summed E-state index contributed by atoms with van der Waals surface area (Å²) >= 11 is 0. The molecule has 4 nitrogen and oxygen atoms in total. The standard InChI is InChI=1S/C15H17NO3/c1-10-6-8-11(9-7-10)16-14(17)12-4-2-3-5-13(12)15(18)19/h2-3,6-9,12-13H,4-5H2,1H3,(H,16,17)(H,18,19)/t12-,13+/m1/s1. The van der Waals surface area contributed by atoms with Crippen molar-refractivity contribution < 1.29 is 14.7 Å². The van der Waals surface area contributed by atoms with Gasteiger partial charge in [0.1, 0.15) is 0 Å². The molecule has 0 heterocycles. The number of hydrogen-bond acceptors (Lipinski definition) is 2. The molecule has 0 bridgehead atoms.